The van der Waals surface area contributed by atoms with Crippen LogP contribution < -0.4 is 5.32 Å². The van der Waals surface area contributed by atoms with Crippen molar-refractivity contribution in [3.8, 4) is 0 Å². The Morgan fingerprint density at radius 3 is 2.67 bits per heavy atom. The van der Waals surface area contributed by atoms with Gasteiger partial charge in [-0.3, -0.25) is 14.9 Å². The Bertz CT molecular complexity index is 859. The van der Waals surface area contributed by atoms with E-state index in [9.17, 15) is 9.59 Å². The maximum atomic E-state index is 12.8. The molecule has 0 aliphatic carbocycles. The summed E-state index contributed by atoms with van der Waals surface area (Å²) in [6, 6.07) is 3.46. The molecule has 2 aromatic heterocycles. The number of imidazole rings is 1. The topological polar surface area (TPSA) is 86.3 Å². The van der Waals surface area contributed by atoms with Gasteiger partial charge in [0.05, 0.1) is 23.6 Å². The van der Waals surface area contributed by atoms with Gasteiger partial charge in [-0.2, -0.15) is 0 Å². The van der Waals surface area contributed by atoms with Crippen LogP contribution in [0.25, 0.3) is 0 Å². The largest absolute Gasteiger partial charge is 0.348 e. The first-order chi connectivity index (χ1) is 12.9. The van der Waals surface area contributed by atoms with Gasteiger partial charge in [0.25, 0.3) is 5.91 Å². The quantitative estimate of drug-likeness (QED) is 0.805. The fourth-order valence-corrected chi connectivity index (χ4v) is 4.32. The van der Waals surface area contributed by atoms with E-state index in [2.05, 4.69) is 15.3 Å². The zero-order valence-electron chi connectivity index (χ0n) is 16.0. The molecule has 1 atom stereocenters. The van der Waals surface area contributed by atoms with E-state index in [1.165, 1.54) is 0 Å². The number of nitrogens with zero attached hydrogens (tertiary/aromatic N) is 4. The van der Waals surface area contributed by atoms with Gasteiger partial charge in [-0.15, -0.1) is 0 Å². The third kappa shape index (κ3) is 2.93. The number of likely N-dealkylation sites (N-methyl/N-ethyl adjacent to an activating group) is 1. The van der Waals surface area contributed by atoms with Crippen molar-refractivity contribution in [1.29, 1.82) is 0 Å². The molecular weight excluding hydrogens is 344 g/mol. The van der Waals surface area contributed by atoms with E-state index >= 15 is 0 Å². The lowest BCUT2D eigenvalue weighted by atomic mass is 9.78. The van der Waals surface area contributed by atoms with Crippen molar-refractivity contribution in [3.63, 3.8) is 0 Å². The molecule has 1 fully saturated rings. The molecule has 0 saturated carbocycles. The van der Waals surface area contributed by atoms with Crippen molar-refractivity contribution in [3.05, 3.63) is 41.7 Å². The lowest BCUT2D eigenvalue weighted by Gasteiger charge is -2.46. The zero-order valence-corrected chi connectivity index (χ0v) is 16.0. The van der Waals surface area contributed by atoms with Crippen molar-refractivity contribution in [1.82, 2.24) is 29.7 Å². The number of piperidine rings is 1. The summed E-state index contributed by atoms with van der Waals surface area (Å²) < 4.78 is 1.85. The van der Waals surface area contributed by atoms with Crippen LogP contribution in [0.4, 0.5) is 0 Å². The first-order valence-electron chi connectivity index (χ1n) is 9.33. The monoisotopic (exact) mass is 370 g/mol. The highest BCUT2D eigenvalue weighted by molar-refractivity contribution is 5.92. The number of amides is 2. The van der Waals surface area contributed by atoms with Crippen LogP contribution in [0, 0.1) is 0 Å². The highest BCUT2D eigenvalue weighted by Gasteiger charge is 2.46. The van der Waals surface area contributed by atoms with E-state index in [1.807, 2.05) is 34.8 Å². The number of aryl methyl sites for hydroxylation is 1. The molecule has 0 unspecified atom stereocenters. The molecule has 8 nitrogen and oxygen atoms in total. The molecule has 2 aromatic rings. The molecule has 2 aliphatic rings. The molecule has 4 heterocycles. The number of hydrogen-bond donors (Lipinski definition) is 2. The minimum Gasteiger partial charge on any atom is -0.348 e. The molecule has 144 valence electrons. The van der Waals surface area contributed by atoms with Gasteiger partial charge in [-0.25, -0.2) is 4.98 Å². The number of nitrogens with one attached hydrogen (secondary N) is 2. The van der Waals surface area contributed by atoms with Crippen LogP contribution in [-0.2, 0) is 23.8 Å². The smallest absolute Gasteiger partial charge is 0.270 e. The van der Waals surface area contributed by atoms with Crippen LogP contribution >= 0.6 is 0 Å². The summed E-state index contributed by atoms with van der Waals surface area (Å²) in [5.41, 5.74) is 2.35. The average molecular weight is 370 g/mol. The lowest BCUT2D eigenvalue weighted by molar-refractivity contribution is -0.132. The minimum absolute atomic E-state index is 0.0522. The fourth-order valence-electron chi connectivity index (χ4n) is 4.32. The Morgan fingerprint density at radius 1 is 1.30 bits per heavy atom. The van der Waals surface area contributed by atoms with Crippen molar-refractivity contribution < 1.29 is 9.59 Å². The predicted octanol–water partition coefficient (Wildman–Crippen LogP) is 0.482. The van der Waals surface area contributed by atoms with Crippen molar-refractivity contribution >= 4 is 11.8 Å². The highest BCUT2D eigenvalue weighted by atomic mass is 16.2. The fraction of sp³-hybridized carbons (Fsp3) is 0.526. The molecule has 1 spiro atoms. The first-order valence-corrected chi connectivity index (χ1v) is 9.33. The summed E-state index contributed by atoms with van der Waals surface area (Å²) in [5, 5.41) is 3.58. The molecule has 27 heavy (non-hydrogen) atoms. The number of H-pyrrole nitrogens is 1. The normalized spacial score (nSPS) is 21.1. The van der Waals surface area contributed by atoms with Crippen LogP contribution in [0.1, 0.15) is 34.7 Å². The Morgan fingerprint density at radius 2 is 2.04 bits per heavy atom. The van der Waals surface area contributed by atoms with E-state index in [-0.39, 0.29) is 23.4 Å². The number of carbonyl (C=O) groups is 2. The van der Waals surface area contributed by atoms with Crippen molar-refractivity contribution in [2.45, 2.75) is 30.8 Å². The van der Waals surface area contributed by atoms with Crippen molar-refractivity contribution in [2.24, 2.45) is 7.05 Å². The molecule has 0 aromatic carbocycles. The molecule has 2 aliphatic heterocycles. The number of carbonyl (C=O) groups excluding carboxylic acids is 2. The number of aromatic amines is 1. The second-order valence-corrected chi connectivity index (χ2v) is 7.74. The summed E-state index contributed by atoms with van der Waals surface area (Å²) in [4.78, 5) is 36.7. The van der Waals surface area contributed by atoms with Gasteiger partial charge in [-0.05, 0) is 25.0 Å². The van der Waals surface area contributed by atoms with Gasteiger partial charge in [0.1, 0.15) is 5.69 Å². The predicted molar refractivity (Wildman–Crippen MR) is 100 cm³/mol. The molecule has 2 N–H and O–H groups in total. The van der Waals surface area contributed by atoms with Gasteiger partial charge in [0.2, 0.25) is 5.91 Å². The summed E-state index contributed by atoms with van der Waals surface area (Å²) in [6.07, 6.45) is 5.67. The van der Waals surface area contributed by atoms with Crippen LogP contribution in [0.15, 0.2) is 24.7 Å². The summed E-state index contributed by atoms with van der Waals surface area (Å²) in [7, 11) is 5.44. The van der Waals surface area contributed by atoms with Gasteiger partial charge < -0.3 is 19.4 Å². The van der Waals surface area contributed by atoms with E-state index in [0.717, 1.165) is 24.2 Å². The SMILES string of the molecule is CN(C)C(=O)[C@@H]1Cc2[nH]cnc2C2(CCN(C(=O)c3cccn3C)CC2)N1. The number of likely N-dealkylation sites (tertiary alicyclic amines) is 1. The minimum atomic E-state index is -0.366. The molecule has 0 bridgehead atoms. The van der Waals surface area contributed by atoms with E-state index in [0.29, 0.717) is 25.2 Å². The summed E-state index contributed by atoms with van der Waals surface area (Å²) in [5.74, 6) is 0.119. The standard InChI is InChI=1S/C19H26N6O2/c1-23(2)17(26)14-11-13-16(21-12-20-13)19(22-14)6-9-25(10-7-19)18(27)15-5-4-8-24(15)3/h4-5,8,12,14,22H,6-7,9-11H2,1-3H3,(H,20,21)/t14-/m0/s1. The lowest BCUT2D eigenvalue weighted by Crippen LogP contribution is -2.61. The third-order valence-electron chi connectivity index (χ3n) is 5.84. The summed E-state index contributed by atoms with van der Waals surface area (Å²) in [6.45, 7) is 1.26. The molecule has 2 amide bonds. The van der Waals surface area contributed by atoms with Gasteiger partial charge in [-0.1, -0.05) is 0 Å². The maximum absolute atomic E-state index is 12.8. The van der Waals surface area contributed by atoms with Gasteiger partial charge in [0.15, 0.2) is 0 Å². The Kier molecular flexibility index (Phi) is 4.30. The number of rotatable bonds is 2. The molecular formula is C19H26N6O2. The Hall–Kier alpha value is -2.61. The Labute approximate surface area is 158 Å². The number of fused-ring (bicyclic) bond motifs is 2. The third-order valence-corrected chi connectivity index (χ3v) is 5.84. The van der Waals surface area contributed by atoms with Crippen LogP contribution in [-0.4, -0.2) is 69.4 Å². The molecule has 0 radical (unpaired) electrons. The van der Waals surface area contributed by atoms with Gasteiger partial charge >= 0.3 is 0 Å². The van der Waals surface area contributed by atoms with Gasteiger partial charge in [0, 0.05) is 52.5 Å². The highest BCUT2D eigenvalue weighted by Crippen LogP contribution is 2.37. The second-order valence-electron chi connectivity index (χ2n) is 7.74. The zero-order chi connectivity index (χ0) is 19.2. The van der Waals surface area contributed by atoms with E-state index < -0.39 is 0 Å². The van der Waals surface area contributed by atoms with E-state index in [1.54, 1.807) is 25.3 Å². The number of hydrogen-bond acceptors (Lipinski definition) is 4. The Balaban J connectivity index is 1.55. The second kappa shape index (κ2) is 6.53. The van der Waals surface area contributed by atoms with E-state index in [4.69, 9.17) is 0 Å². The number of aromatic nitrogens is 3. The van der Waals surface area contributed by atoms with Crippen LogP contribution in [0.2, 0.25) is 0 Å². The maximum Gasteiger partial charge on any atom is 0.270 e. The van der Waals surface area contributed by atoms with Crippen LogP contribution in [0.5, 0.6) is 0 Å². The van der Waals surface area contributed by atoms with Crippen LogP contribution in [0.3, 0.4) is 0 Å². The van der Waals surface area contributed by atoms with Crippen molar-refractivity contribution in [2.75, 3.05) is 27.2 Å². The summed E-state index contributed by atoms with van der Waals surface area (Å²) >= 11 is 0. The molecule has 1 saturated heterocycles. The first kappa shape index (κ1) is 17.8. The average Bonchev–Trinajstić information content (AvgIpc) is 3.30. The molecule has 8 heteroatoms. The molecule has 4 rings (SSSR count).